The number of carbonyl (C=O) groups excluding carboxylic acids is 3. The fourth-order valence-electron chi connectivity index (χ4n) is 3.59. The zero-order valence-electron chi connectivity index (χ0n) is 20.2. The SMILES string of the molecule is NC(=O)c1cccc(Oc2ccc(NNN/C=C(\C(=O)NCc3ccc(Cl)cc3)N3CCCC3=O)cc2)n1. The molecule has 2 aromatic carbocycles. The van der Waals surface area contributed by atoms with Crippen molar-refractivity contribution in [3.8, 4) is 11.6 Å². The molecule has 0 bridgehead atoms. The second kappa shape index (κ2) is 12.6. The van der Waals surface area contributed by atoms with Crippen molar-refractivity contribution in [3.05, 3.63) is 94.9 Å². The summed E-state index contributed by atoms with van der Waals surface area (Å²) in [6.45, 7) is 0.755. The number of pyridine rings is 1. The number of aromatic nitrogens is 1. The predicted molar refractivity (Wildman–Crippen MR) is 141 cm³/mol. The van der Waals surface area contributed by atoms with Crippen molar-refractivity contribution in [1.29, 1.82) is 0 Å². The van der Waals surface area contributed by atoms with Crippen LogP contribution in [-0.4, -0.2) is 34.2 Å². The van der Waals surface area contributed by atoms with Crippen LogP contribution in [0.15, 0.2) is 78.6 Å². The van der Waals surface area contributed by atoms with Gasteiger partial charge in [-0.2, -0.15) is 5.53 Å². The molecule has 1 aliphatic rings. The minimum absolute atomic E-state index is 0.109. The molecule has 0 saturated carbocycles. The zero-order valence-corrected chi connectivity index (χ0v) is 21.0. The summed E-state index contributed by atoms with van der Waals surface area (Å²) in [5.41, 5.74) is 15.6. The molecular weight excluding hydrogens is 510 g/mol. The molecule has 0 atom stereocenters. The Morgan fingerprint density at radius 1 is 1.08 bits per heavy atom. The molecule has 12 heteroatoms. The highest BCUT2D eigenvalue weighted by molar-refractivity contribution is 6.30. The van der Waals surface area contributed by atoms with Crippen LogP contribution in [-0.2, 0) is 16.1 Å². The van der Waals surface area contributed by atoms with Crippen molar-refractivity contribution >= 4 is 35.0 Å². The minimum atomic E-state index is -0.640. The second-order valence-corrected chi connectivity index (χ2v) is 8.67. The number of benzene rings is 2. The number of ether oxygens (including phenoxy) is 1. The van der Waals surface area contributed by atoms with Gasteiger partial charge in [-0.05, 0) is 54.4 Å². The largest absolute Gasteiger partial charge is 0.439 e. The van der Waals surface area contributed by atoms with Crippen LogP contribution in [0.2, 0.25) is 5.02 Å². The van der Waals surface area contributed by atoms with Gasteiger partial charge in [0.1, 0.15) is 17.1 Å². The summed E-state index contributed by atoms with van der Waals surface area (Å²) < 4.78 is 5.65. The monoisotopic (exact) mass is 535 g/mol. The number of likely N-dealkylation sites (tertiary alicyclic amines) is 1. The topological polar surface area (TPSA) is 151 Å². The quantitative estimate of drug-likeness (QED) is 0.143. The van der Waals surface area contributed by atoms with E-state index in [1.165, 1.54) is 17.2 Å². The molecule has 0 unspecified atom stereocenters. The number of nitrogens with zero attached hydrogens (tertiary/aromatic N) is 2. The van der Waals surface area contributed by atoms with Crippen LogP contribution < -0.4 is 32.2 Å². The molecule has 0 aliphatic carbocycles. The first kappa shape index (κ1) is 26.5. The zero-order chi connectivity index (χ0) is 26.9. The highest BCUT2D eigenvalue weighted by Crippen LogP contribution is 2.21. The number of nitrogens with two attached hydrogens (primary N) is 1. The molecule has 1 fully saturated rings. The van der Waals surface area contributed by atoms with Gasteiger partial charge in [-0.3, -0.25) is 14.4 Å². The Morgan fingerprint density at radius 2 is 1.84 bits per heavy atom. The smallest absolute Gasteiger partial charge is 0.269 e. The minimum Gasteiger partial charge on any atom is -0.439 e. The lowest BCUT2D eigenvalue weighted by atomic mass is 10.2. The molecule has 4 rings (SSSR count). The van der Waals surface area contributed by atoms with E-state index in [0.29, 0.717) is 35.8 Å². The Kier molecular flexibility index (Phi) is 8.75. The lowest BCUT2D eigenvalue weighted by Crippen LogP contribution is -2.39. The predicted octanol–water partition coefficient (Wildman–Crippen LogP) is 2.83. The summed E-state index contributed by atoms with van der Waals surface area (Å²) >= 11 is 5.91. The summed E-state index contributed by atoms with van der Waals surface area (Å²) in [7, 11) is 0. The second-order valence-electron chi connectivity index (χ2n) is 8.23. The van der Waals surface area contributed by atoms with E-state index in [9.17, 15) is 14.4 Å². The maximum absolute atomic E-state index is 12.9. The molecular formula is C26H26ClN7O4. The third-order valence-electron chi connectivity index (χ3n) is 5.50. The third-order valence-corrected chi connectivity index (χ3v) is 5.76. The molecule has 1 saturated heterocycles. The van der Waals surface area contributed by atoms with Gasteiger partial charge >= 0.3 is 0 Å². The Labute approximate surface area is 223 Å². The van der Waals surface area contributed by atoms with Gasteiger partial charge in [0.2, 0.25) is 11.8 Å². The molecule has 2 heterocycles. The molecule has 1 aromatic heterocycles. The normalized spacial score (nSPS) is 13.2. The molecule has 0 radical (unpaired) electrons. The Bertz CT molecular complexity index is 1330. The Morgan fingerprint density at radius 3 is 2.53 bits per heavy atom. The number of anilines is 1. The van der Waals surface area contributed by atoms with E-state index in [0.717, 1.165) is 5.56 Å². The average molecular weight is 536 g/mol. The van der Waals surface area contributed by atoms with Crippen LogP contribution in [0.5, 0.6) is 11.6 Å². The Hall–Kier alpha value is -4.61. The number of amides is 3. The van der Waals surface area contributed by atoms with Crippen LogP contribution in [0.1, 0.15) is 28.9 Å². The summed E-state index contributed by atoms with van der Waals surface area (Å²) in [5.74, 6) is -0.395. The Balaban J connectivity index is 1.32. The number of halogens is 1. The van der Waals surface area contributed by atoms with Crippen LogP contribution in [0.3, 0.4) is 0 Å². The maximum Gasteiger partial charge on any atom is 0.269 e. The number of hydrogen-bond donors (Lipinski definition) is 5. The first-order chi connectivity index (χ1) is 18.4. The van der Waals surface area contributed by atoms with Gasteiger partial charge in [-0.15, -0.1) is 0 Å². The van der Waals surface area contributed by atoms with Gasteiger partial charge in [-0.1, -0.05) is 29.8 Å². The van der Waals surface area contributed by atoms with Gasteiger partial charge in [0, 0.05) is 36.8 Å². The van der Waals surface area contributed by atoms with E-state index in [4.69, 9.17) is 22.1 Å². The number of carbonyl (C=O) groups is 3. The van der Waals surface area contributed by atoms with E-state index in [1.807, 2.05) is 12.1 Å². The fourth-order valence-corrected chi connectivity index (χ4v) is 3.72. The first-order valence-electron chi connectivity index (χ1n) is 11.7. The van der Waals surface area contributed by atoms with E-state index >= 15 is 0 Å². The van der Waals surface area contributed by atoms with Gasteiger partial charge < -0.3 is 31.5 Å². The van der Waals surface area contributed by atoms with Crippen molar-refractivity contribution in [3.63, 3.8) is 0 Å². The van der Waals surface area contributed by atoms with Crippen molar-refractivity contribution in [2.24, 2.45) is 5.73 Å². The highest BCUT2D eigenvalue weighted by Gasteiger charge is 2.27. The summed E-state index contributed by atoms with van der Waals surface area (Å²) in [4.78, 5) is 42.0. The molecule has 11 nitrogen and oxygen atoms in total. The molecule has 196 valence electrons. The van der Waals surface area contributed by atoms with Crippen LogP contribution >= 0.6 is 11.6 Å². The molecule has 3 amide bonds. The van der Waals surface area contributed by atoms with E-state index in [-0.39, 0.29) is 35.6 Å². The summed E-state index contributed by atoms with van der Waals surface area (Å²) in [6, 6.07) is 18.8. The van der Waals surface area contributed by atoms with Crippen molar-refractivity contribution in [1.82, 2.24) is 26.2 Å². The maximum atomic E-state index is 12.9. The van der Waals surface area contributed by atoms with E-state index in [1.54, 1.807) is 48.5 Å². The lowest BCUT2D eigenvalue weighted by Gasteiger charge is -2.20. The van der Waals surface area contributed by atoms with Crippen molar-refractivity contribution in [2.45, 2.75) is 19.4 Å². The number of hydrogen-bond acceptors (Lipinski definition) is 8. The number of hydrazine groups is 2. The van der Waals surface area contributed by atoms with Crippen LogP contribution in [0, 0.1) is 0 Å². The molecule has 6 N–H and O–H groups in total. The first-order valence-corrected chi connectivity index (χ1v) is 12.1. The highest BCUT2D eigenvalue weighted by atomic mass is 35.5. The molecule has 38 heavy (non-hydrogen) atoms. The molecule has 0 spiro atoms. The fraction of sp³-hybridized carbons (Fsp3) is 0.154. The van der Waals surface area contributed by atoms with Crippen LogP contribution in [0.4, 0.5) is 5.69 Å². The van der Waals surface area contributed by atoms with Gasteiger partial charge in [0.25, 0.3) is 11.8 Å². The number of nitrogens with one attached hydrogen (secondary N) is 4. The van der Waals surface area contributed by atoms with Gasteiger partial charge in [0.15, 0.2) is 0 Å². The summed E-state index contributed by atoms with van der Waals surface area (Å²) in [6.07, 6.45) is 2.51. The standard InChI is InChI=1S/C26H26ClN7O4/c27-18-8-6-17(7-9-18)15-29-26(37)22(34-14-2-5-24(34)35)16-30-33-32-19-10-12-20(13-11-19)38-23-4-1-3-21(31-23)25(28)36/h1,3-4,6-13,16,30,32-33H,2,5,14-15H2,(H2,28,36)(H,29,37)/b22-16+. The summed E-state index contributed by atoms with van der Waals surface area (Å²) in [5, 5.41) is 3.44. The van der Waals surface area contributed by atoms with Crippen molar-refractivity contribution < 1.29 is 19.1 Å². The number of rotatable bonds is 11. The molecule has 1 aliphatic heterocycles. The van der Waals surface area contributed by atoms with Crippen LogP contribution in [0.25, 0.3) is 0 Å². The van der Waals surface area contributed by atoms with E-state index in [2.05, 4.69) is 26.7 Å². The average Bonchev–Trinajstić information content (AvgIpc) is 3.34. The van der Waals surface area contributed by atoms with E-state index < -0.39 is 5.91 Å². The van der Waals surface area contributed by atoms with Gasteiger partial charge in [0.05, 0.1) is 5.69 Å². The third kappa shape index (κ3) is 7.21. The molecule has 3 aromatic rings. The van der Waals surface area contributed by atoms with Gasteiger partial charge in [-0.25, -0.2) is 4.98 Å². The number of primary amides is 1. The lowest BCUT2D eigenvalue weighted by molar-refractivity contribution is -0.129. The van der Waals surface area contributed by atoms with Crippen molar-refractivity contribution in [2.75, 3.05) is 12.0 Å².